The van der Waals surface area contributed by atoms with Crippen LogP contribution in [0.15, 0.2) is 84.9 Å². The molecular formula is C24H26ClN2O5PS. The number of aryl methyl sites for hydroxylation is 1. The summed E-state index contributed by atoms with van der Waals surface area (Å²) in [5, 5.41) is 2.76. The van der Waals surface area contributed by atoms with Gasteiger partial charge in [-0.25, -0.2) is 13.2 Å². The number of ether oxygens (including phenoxy) is 1. The zero-order chi connectivity index (χ0) is 24.6. The highest BCUT2D eigenvalue weighted by Gasteiger charge is 2.37. The molecule has 0 aromatic heterocycles. The Morgan fingerprint density at radius 3 is 2.18 bits per heavy atom. The van der Waals surface area contributed by atoms with Gasteiger partial charge >= 0.3 is 6.09 Å². The third-order valence-electron chi connectivity index (χ3n) is 4.98. The number of carbonyl (C=O) groups is 1. The summed E-state index contributed by atoms with van der Waals surface area (Å²) in [5.41, 5.74) is 2.24. The normalized spacial score (nSPS) is 14.1. The van der Waals surface area contributed by atoms with Gasteiger partial charge in [0.05, 0.1) is 5.75 Å². The molecule has 0 aliphatic rings. The lowest BCUT2D eigenvalue weighted by Gasteiger charge is -2.24. The Bertz CT molecular complexity index is 1240. The lowest BCUT2D eigenvalue weighted by molar-refractivity contribution is 0.140. The first-order chi connectivity index (χ1) is 16.2. The second-order valence-electron chi connectivity index (χ2n) is 7.65. The number of amides is 1. The van der Waals surface area contributed by atoms with Crippen LogP contribution in [0.3, 0.4) is 0 Å². The molecule has 0 heterocycles. The highest BCUT2D eigenvalue weighted by atomic mass is 35.7. The van der Waals surface area contributed by atoms with Gasteiger partial charge < -0.3 is 10.1 Å². The largest absolute Gasteiger partial charge is 0.445 e. The molecule has 3 rings (SSSR count). The third kappa shape index (κ3) is 7.43. The Hall–Kier alpha value is -2.64. The number of carbonyl (C=O) groups excluding carboxylic acids is 1. The van der Waals surface area contributed by atoms with E-state index in [9.17, 15) is 17.8 Å². The molecule has 2 N–H and O–H groups in total. The first kappa shape index (κ1) is 26.0. The first-order valence-corrected chi connectivity index (χ1v) is 14.9. The summed E-state index contributed by atoms with van der Waals surface area (Å²) in [6.45, 7) is -1.96. The van der Waals surface area contributed by atoms with E-state index in [0.29, 0.717) is 10.9 Å². The maximum Gasteiger partial charge on any atom is 0.407 e. The summed E-state index contributed by atoms with van der Waals surface area (Å²) in [5.74, 6) is -1.62. The van der Waals surface area contributed by atoms with Gasteiger partial charge in [0.2, 0.25) is 16.5 Å². The van der Waals surface area contributed by atoms with Crippen LogP contribution in [0, 0.1) is 6.92 Å². The van der Waals surface area contributed by atoms with E-state index in [4.69, 9.17) is 16.0 Å². The van der Waals surface area contributed by atoms with Crippen LogP contribution in [0.25, 0.3) is 0 Å². The monoisotopic (exact) mass is 520 g/mol. The fourth-order valence-electron chi connectivity index (χ4n) is 3.15. The summed E-state index contributed by atoms with van der Waals surface area (Å²) >= 11 is 6.54. The van der Waals surface area contributed by atoms with E-state index in [2.05, 4.69) is 10.0 Å². The second kappa shape index (κ2) is 11.7. The van der Waals surface area contributed by atoms with Crippen molar-refractivity contribution < 1.29 is 22.5 Å². The fraction of sp³-hybridized carbons (Fsp3) is 0.208. The van der Waals surface area contributed by atoms with E-state index in [-0.39, 0.29) is 13.2 Å². The van der Waals surface area contributed by atoms with Gasteiger partial charge in [0.25, 0.3) is 0 Å². The van der Waals surface area contributed by atoms with E-state index < -0.39 is 34.1 Å². The number of alkyl carbamates (subject to hydrolysis) is 1. The predicted octanol–water partition coefficient (Wildman–Crippen LogP) is 4.68. The number of nitrogens with one attached hydrogen (secondary N) is 2. The number of sulfonamides is 1. The standard InChI is InChI=1S/C24H26ClN2O5PS/c1-19-12-14-22(15-13-19)33(25,29)23(21-10-6-3-7-11-21)27-34(30,31)17-16-26-24(28)32-18-20-8-4-2-5-9-20/h2-15,23,27H,16-18H2,1H3,(H,26,28). The van der Waals surface area contributed by atoms with Crippen LogP contribution in [-0.4, -0.2) is 26.8 Å². The molecule has 7 nitrogen and oxygen atoms in total. The van der Waals surface area contributed by atoms with Crippen molar-refractivity contribution in [3.05, 3.63) is 102 Å². The zero-order valence-corrected chi connectivity index (χ0v) is 21.0. The zero-order valence-electron chi connectivity index (χ0n) is 18.6. The summed E-state index contributed by atoms with van der Waals surface area (Å²) in [4.78, 5) is 11.9. The minimum absolute atomic E-state index is 0.0692. The van der Waals surface area contributed by atoms with Crippen LogP contribution in [-0.2, 0) is 25.9 Å². The van der Waals surface area contributed by atoms with E-state index >= 15 is 0 Å². The van der Waals surface area contributed by atoms with Crippen LogP contribution in [0.2, 0.25) is 0 Å². The predicted molar refractivity (Wildman–Crippen MR) is 135 cm³/mol. The molecule has 3 aromatic carbocycles. The van der Waals surface area contributed by atoms with E-state index in [0.717, 1.165) is 11.1 Å². The highest BCUT2D eigenvalue weighted by molar-refractivity contribution is 7.96. The van der Waals surface area contributed by atoms with Gasteiger partial charge in [-0.2, -0.15) is 4.72 Å². The van der Waals surface area contributed by atoms with Gasteiger partial charge in [-0.15, -0.1) is 0 Å². The van der Waals surface area contributed by atoms with Crippen LogP contribution in [0.4, 0.5) is 4.79 Å². The molecule has 34 heavy (non-hydrogen) atoms. The Kier molecular flexibility index (Phi) is 8.91. The SMILES string of the molecule is Cc1ccc(P(=O)(Cl)C(NS(=O)(=O)CCNC(=O)OCc2ccccc2)c2ccccc2)cc1. The lowest BCUT2D eigenvalue weighted by Crippen LogP contribution is -2.36. The van der Waals surface area contributed by atoms with E-state index in [1.54, 1.807) is 54.6 Å². The highest BCUT2D eigenvalue weighted by Crippen LogP contribution is 2.61. The maximum absolute atomic E-state index is 13.7. The Balaban J connectivity index is 1.66. The fourth-order valence-corrected chi connectivity index (χ4v) is 7.58. The summed E-state index contributed by atoms with van der Waals surface area (Å²) in [7, 11) is -3.97. The molecular weight excluding hydrogens is 495 g/mol. The lowest BCUT2D eigenvalue weighted by atomic mass is 10.2. The van der Waals surface area contributed by atoms with Gasteiger partial charge in [0, 0.05) is 11.8 Å². The van der Waals surface area contributed by atoms with Crippen molar-refractivity contribution in [2.75, 3.05) is 12.3 Å². The topological polar surface area (TPSA) is 102 Å². The van der Waals surface area contributed by atoms with Gasteiger partial charge in [-0.05, 0) is 29.3 Å². The minimum Gasteiger partial charge on any atom is -0.445 e. The van der Waals surface area contributed by atoms with Crippen molar-refractivity contribution in [2.24, 2.45) is 0 Å². The van der Waals surface area contributed by atoms with Crippen molar-refractivity contribution in [3.63, 3.8) is 0 Å². The molecule has 0 saturated heterocycles. The van der Waals surface area contributed by atoms with Gasteiger partial charge in [0.15, 0.2) is 0 Å². The van der Waals surface area contributed by atoms with Crippen LogP contribution < -0.4 is 15.3 Å². The van der Waals surface area contributed by atoms with Crippen LogP contribution in [0.5, 0.6) is 0 Å². The summed E-state index contributed by atoms with van der Waals surface area (Å²) in [6.07, 6.45) is -0.735. The first-order valence-electron chi connectivity index (χ1n) is 10.5. The van der Waals surface area contributed by atoms with Gasteiger partial charge in [-0.3, -0.25) is 4.57 Å². The molecule has 10 heteroatoms. The molecule has 0 bridgehead atoms. The maximum atomic E-state index is 13.7. The van der Waals surface area contributed by atoms with Crippen LogP contribution in [0.1, 0.15) is 22.5 Å². The average molecular weight is 521 g/mol. The number of hydrogen-bond donors (Lipinski definition) is 2. The van der Waals surface area contributed by atoms with E-state index in [1.165, 1.54) is 0 Å². The van der Waals surface area contributed by atoms with Crippen molar-refractivity contribution in [2.45, 2.75) is 19.3 Å². The van der Waals surface area contributed by atoms with Crippen LogP contribution >= 0.6 is 17.7 Å². The minimum atomic E-state index is -3.97. The number of halogens is 1. The molecule has 0 spiro atoms. The molecule has 0 radical (unpaired) electrons. The molecule has 2 unspecified atom stereocenters. The second-order valence-corrected chi connectivity index (χ2v) is 13.2. The summed E-state index contributed by atoms with van der Waals surface area (Å²) in [6, 6.07) is 24.5. The smallest absolute Gasteiger partial charge is 0.407 e. The van der Waals surface area contributed by atoms with Crippen molar-refractivity contribution in [1.82, 2.24) is 10.0 Å². The quantitative estimate of drug-likeness (QED) is 0.378. The molecule has 0 saturated carbocycles. The molecule has 1 amide bonds. The molecule has 2 atom stereocenters. The van der Waals surface area contributed by atoms with Crippen molar-refractivity contribution >= 4 is 39.2 Å². The number of hydrogen-bond acceptors (Lipinski definition) is 5. The van der Waals surface area contributed by atoms with Gasteiger partial charge in [-0.1, -0.05) is 90.5 Å². The molecule has 0 aliphatic carbocycles. The Labute approximate surface area is 204 Å². The Morgan fingerprint density at radius 2 is 1.56 bits per heavy atom. The third-order valence-corrected chi connectivity index (χ3v) is 9.75. The molecule has 3 aromatic rings. The van der Waals surface area contributed by atoms with Gasteiger partial charge in [0.1, 0.15) is 12.4 Å². The molecule has 0 fully saturated rings. The van der Waals surface area contributed by atoms with Crippen molar-refractivity contribution in [1.29, 1.82) is 0 Å². The number of rotatable bonds is 10. The average Bonchev–Trinajstić information content (AvgIpc) is 2.82. The molecule has 180 valence electrons. The Morgan fingerprint density at radius 1 is 0.971 bits per heavy atom. The molecule has 0 aliphatic heterocycles. The van der Waals surface area contributed by atoms with E-state index in [1.807, 2.05) is 37.3 Å². The van der Waals surface area contributed by atoms with Crippen molar-refractivity contribution in [3.8, 4) is 0 Å². The number of benzene rings is 3. The summed E-state index contributed by atoms with van der Waals surface area (Å²) < 4.78 is 46.9.